The van der Waals surface area contributed by atoms with Gasteiger partial charge in [0.1, 0.15) is 0 Å². The van der Waals surface area contributed by atoms with Crippen LogP contribution in [0.15, 0.2) is 0 Å². The van der Waals surface area contributed by atoms with Gasteiger partial charge in [0.25, 0.3) is 0 Å². The molecule has 1 aliphatic heterocycles. The minimum absolute atomic E-state index is 0.0182. The fraction of sp³-hybridized carbons (Fsp3) is 0.944. The molecular weight excluding hydrogens is 260 g/mol. The van der Waals surface area contributed by atoms with Gasteiger partial charge in [-0.2, -0.15) is 0 Å². The molecule has 1 amide bonds. The number of amides is 1. The molecule has 1 saturated heterocycles. The number of carbonyl (C=O) groups excluding carboxylic acids is 1. The Balaban J connectivity index is 1.59. The van der Waals surface area contributed by atoms with E-state index in [0.717, 1.165) is 50.6 Å². The Morgan fingerprint density at radius 3 is 2.33 bits per heavy atom. The SMILES string of the molecule is CC1CC(N)CN(C(=O)C23CC4CC(CC(C)(C4)C2)C3)C1. The Bertz CT molecular complexity index is 436. The normalized spacial score (nSPS) is 52.2. The molecule has 4 bridgehead atoms. The van der Waals surface area contributed by atoms with E-state index in [1.807, 2.05) is 0 Å². The first-order valence-corrected chi connectivity index (χ1v) is 8.92. The summed E-state index contributed by atoms with van der Waals surface area (Å²) in [4.78, 5) is 15.5. The van der Waals surface area contributed by atoms with Gasteiger partial charge in [0, 0.05) is 19.1 Å². The molecule has 4 unspecified atom stereocenters. The summed E-state index contributed by atoms with van der Waals surface area (Å²) in [5.74, 6) is 2.65. The van der Waals surface area contributed by atoms with Crippen molar-refractivity contribution in [1.29, 1.82) is 0 Å². The second-order valence-electron chi connectivity index (χ2n) is 9.36. The van der Waals surface area contributed by atoms with E-state index in [1.54, 1.807) is 0 Å². The van der Waals surface area contributed by atoms with Crippen molar-refractivity contribution >= 4 is 5.91 Å². The van der Waals surface area contributed by atoms with Crippen LogP contribution in [0.1, 0.15) is 58.8 Å². The molecule has 21 heavy (non-hydrogen) atoms. The molecule has 0 aromatic rings. The molecule has 2 N–H and O–H groups in total. The minimum atomic E-state index is -0.0182. The zero-order valence-corrected chi connectivity index (χ0v) is 13.6. The van der Waals surface area contributed by atoms with E-state index in [9.17, 15) is 4.79 Å². The van der Waals surface area contributed by atoms with Gasteiger partial charge in [-0.15, -0.1) is 0 Å². The van der Waals surface area contributed by atoms with Crippen molar-refractivity contribution in [2.45, 2.75) is 64.8 Å². The highest BCUT2D eigenvalue weighted by atomic mass is 16.2. The first-order chi connectivity index (χ1) is 9.87. The molecule has 3 nitrogen and oxygen atoms in total. The molecule has 0 spiro atoms. The fourth-order valence-electron chi connectivity index (χ4n) is 6.87. The minimum Gasteiger partial charge on any atom is -0.340 e. The quantitative estimate of drug-likeness (QED) is 0.807. The predicted octanol–water partition coefficient (Wildman–Crippen LogP) is 2.79. The summed E-state index contributed by atoms with van der Waals surface area (Å²) in [6, 6.07) is 0.183. The van der Waals surface area contributed by atoms with Gasteiger partial charge in [0.2, 0.25) is 5.91 Å². The second-order valence-corrected chi connectivity index (χ2v) is 9.36. The number of hydrogen-bond acceptors (Lipinski definition) is 2. The number of hydrogen-bond donors (Lipinski definition) is 1. The van der Waals surface area contributed by atoms with Crippen LogP contribution in [-0.4, -0.2) is 29.9 Å². The van der Waals surface area contributed by atoms with Crippen LogP contribution in [0.3, 0.4) is 0 Å². The summed E-state index contributed by atoms with van der Waals surface area (Å²) in [5.41, 5.74) is 6.61. The van der Waals surface area contributed by atoms with Crippen LogP contribution in [0.4, 0.5) is 0 Å². The third-order valence-electron chi connectivity index (χ3n) is 6.79. The number of carbonyl (C=O) groups is 1. The van der Waals surface area contributed by atoms with Crippen molar-refractivity contribution < 1.29 is 4.79 Å². The fourth-order valence-corrected chi connectivity index (χ4v) is 6.87. The zero-order valence-electron chi connectivity index (χ0n) is 13.6. The number of nitrogens with zero attached hydrogens (tertiary/aromatic N) is 1. The Hall–Kier alpha value is -0.570. The first-order valence-electron chi connectivity index (χ1n) is 8.92. The molecule has 1 heterocycles. The van der Waals surface area contributed by atoms with Gasteiger partial charge in [-0.3, -0.25) is 4.79 Å². The Morgan fingerprint density at radius 1 is 1.10 bits per heavy atom. The second kappa shape index (κ2) is 4.47. The predicted molar refractivity (Wildman–Crippen MR) is 83.6 cm³/mol. The standard InChI is InChI=1S/C18H30N2O/c1-12-3-15(19)10-20(9-12)16(21)18-7-13-4-14(8-18)6-17(2,5-13)11-18/h12-15H,3-11,19H2,1-2H3. The van der Waals surface area contributed by atoms with Crippen molar-refractivity contribution in [3.05, 3.63) is 0 Å². The highest BCUT2D eigenvalue weighted by molar-refractivity contribution is 5.83. The largest absolute Gasteiger partial charge is 0.340 e. The average molecular weight is 290 g/mol. The molecule has 4 atom stereocenters. The van der Waals surface area contributed by atoms with Gasteiger partial charge in [0.05, 0.1) is 5.41 Å². The molecule has 4 aliphatic carbocycles. The van der Waals surface area contributed by atoms with E-state index < -0.39 is 0 Å². The number of nitrogens with two attached hydrogens (primary N) is 1. The van der Waals surface area contributed by atoms with Crippen LogP contribution in [0.2, 0.25) is 0 Å². The Kier molecular flexibility index (Phi) is 2.99. The lowest BCUT2D eigenvalue weighted by Gasteiger charge is -2.61. The number of likely N-dealkylation sites (tertiary alicyclic amines) is 1. The molecule has 4 saturated carbocycles. The van der Waals surface area contributed by atoms with Crippen LogP contribution in [-0.2, 0) is 4.79 Å². The van der Waals surface area contributed by atoms with Crippen molar-refractivity contribution in [3.63, 3.8) is 0 Å². The van der Waals surface area contributed by atoms with Gasteiger partial charge >= 0.3 is 0 Å². The van der Waals surface area contributed by atoms with Crippen LogP contribution in [0, 0.1) is 28.6 Å². The first kappa shape index (κ1) is 14.0. The van der Waals surface area contributed by atoms with Crippen molar-refractivity contribution in [2.75, 3.05) is 13.1 Å². The highest BCUT2D eigenvalue weighted by Crippen LogP contribution is 2.65. The van der Waals surface area contributed by atoms with E-state index in [-0.39, 0.29) is 11.5 Å². The Morgan fingerprint density at radius 2 is 1.76 bits per heavy atom. The van der Waals surface area contributed by atoms with E-state index in [0.29, 0.717) is 17.2 Å². The van der Waals surface area contributed by atoms with Gasteiger partial charge in [-0.1, -0.05) is 13.8 Å². The molecule has 118 valence electrons. The third-order valence-corrected chi connectivity index (χ3v) is 6.79. The molecule has 3 heteroatoms. The highest BCUT2D eigenvalue weighted by Gasteiger charge is 2.59. The van der Waals surface area contributed by atoms with E-state index in [1.165, 1.54) is 19.3 Å². The molecule has 5 aliphatic rings. The molecular formula is C18H30N2O. The lowest BCUT2D eigenvalue weighted by Crippen LogP contribution is -2.60. The smallest absolute Gasteiger partial charge is 0.228 e. The average Bonchev–Trinajstić information content (AvgIpc) is 2.33. The van der Waals surface area contributed by atoms with Gasteiger partial charge in [0.15, 0.2) is 0 Å². The van der Waals surface area contributed by atoms with Crippen molar-refractivity contribution in [1.82, 2.24) is 4.90 Å². The maximum atomic E-state index is 13.4. The molecule has 5 fully saturated rings. The van der Waals surface area contributed by atoms with Crippen LogP contribution in [0.25, 0.3) is 0 Å². The summed E-state index contributed by atoms with van der Waals surface area (Å²) in [5, 5.41) is 0. The monoisotopic (exact) mass is 290 g/mol. The summed E-state index contributed by atoms with van der Waals surface area (Å²) < 4.78 is 0. The third kappa shape index (κ3) is 2.23. The molecule has 0 radical (unpaired) electrons. The van der Waals surface area contributed by atoms with Gasteiger partial charge < -0.3 is 10.6 Å². The van der Waals surface area contributed by atoms with Crippen LogP contribution in [0.5, 0.6) is 0 Å². The van der Waals surface area contributed by atoms with Crippen LogP contribution < -0.4 is 5.73 Å². The maximum Gasteiger partial charge on any atom is 0.228 e. The van der Waals surface area contributed by atoms with Crippen LogP contribution >= 0.6 is 0 Å². The van der Waals surface area contributed by atoms with E-state index >= 15 is 0 Å². The van der Waals surface area contributed by atoms with E-state index in [2.05, 4.69) is 18.7 Å². The summed E-state index contributed by atoms with van der Waals surface area (Å²) in [6.45, 7) is 6.40. The molecule has 5 rings (SSSR count). The van der Waals surface area contributed by atoms with Gasteiger partial charge in [-0.25, -0.2) is 0 Å². The Labute approximate surface area is 128 Å². The maximum absolute atomic E-state index is 13.4. The number of rotatable bonds is 1. The molecule has 0 aromatic carbocycles. The zero-order chi connectivity index (χ0) is 14.8. The summed E-state index contributed by atoms with van der Waals surface area (Å²) >= 11 is 0. The topological polar surface area (TPSA) is 46.3 Å². The number of piperidine rings is 1. The van der Waals surface area contributed by atoms with Gasteiger partial charge in [-0.05, 0) is 68.1 Å². The van der Waals surface area contributed by atoms with E-state index in [4.69, 9.17) is 5.73 Å². The van der Waals surface area contributed by atoms with Crippen molar-refractivity contribution in [3.8, 4) is 0 Å². The lowest BCUT2D eigenvalue weighted by molar-refractivity contribution is -0.168. The molecule has 0 aromatic heterocycles. The summed E-state index contributed by atoms with van der Waals surface area (Å²) in [7, 11) is 0. The van der Waals surface area contributed by atoms with Crippen molar-refractivity contribution in [2.24, 2.45) is 34.3 Å². The lowest BCUT2D eigenvalue weighted by atomic mass is 9.44. The summed E-state index contributed by atoms with van der Waals surface area (Å²) in [6.07, 6.45) is 8.67.